The second-order valence-electron chi connectivity index (χ2n) is 5.56. The molecular formula is C17H18ClN3O3. The zero-order valence-corrected chi connectivity index (χ0v) is 13.9. The van der Waals surface area contributed by atoms with Crippen LogP contribution in [0.25, 0.3) is 0 Å². The van der Waals surface area contributed by atoms with Crippen LogP contribution in [0.5, 0.6) is 6.01 Å². The minimum Gasteiger partial charge on any atom is -0.481 e. The minimum absolute atomic E-state index is 0.00566. The van der Waals surface area contributed by atoms with Crippen molar-refractivity contribution in [2.75, 3.05) is 18.1 Å². The number of rotatable bonds is 5. The SMILES string of the molecule is O=C(O)CCOc1nc(Cl)cc(N2CCCCc3ccccc32)n1. The molecule has 0 radical (unpaired) electrons. The van der Waals surface area contributed by atoms with E-state index in [2.05, 4.69) is 27.0 Å². The van der Waals surface area contributed by atoms with Crippen molar-refractivity contribution in [3.05, 3.63) is 41.0 Å². The van der Waals surface area contributed by atoms with E-state index in [1.165, 1.54) is 5.56 Å². The van der Waals surface area contributed by atoms with E-state index in [9.17, 15) is 4.79 Å². The van der Waals surface area contributed by atoms with Gasteiger partial charge >= 0.3 is 12.0 Å². The fourth-order valence-electron chi connectivity index (χ4n) is 2.75. The molecule has 0 bridgehead atoms. The number of aromatic nitrogens is 2. The number of hydrogen-bond acceptors (Lipinski definition) is 5. The van der Waals surface area contributed by atoms with Crippen molar-refractivity contribution < 1.29 is 14.6 Å². The molecule has 0 atom stereocenters. The summed E-state index contributed by atoms with van der Waals surface area (Å²) in [6.07, 6.45) is 3.09. The number of aliphatic carboxylic acids is 1. The molecule has 3 rings (SSSR count). The van der Waals surface area contributed by atoms with Crippen molar-refractivity contribution in [1.82, 2.24) is 9.97 Å². The number of benzene rings is 1. The van der Waals surface area contributed by atoms with Gasteiger partial charge in [0.25, 0.3) is 0 Å². The zero-order valence-electron chi connectivity index (χ0n) is 13.1. The summed E-state index contributed by atoms with van der Waals surface area (Å²) >= 11 is 6.10. The zero-order chi connectivity index (χ0) is 16.9. The lowest BCUT2D eigenvalue weighted by atomic mass is 10.1. The molecule has 0 spiro atoms. The lowest BCUT2D eigenvalue weighted by Crippen LogP contribution is -2.20. The number of anilines is 2. The average Bonchev–Trinajstić information content (AvgIpc) is 2.76. The highest BCUT2D eigenvalue weighted by Crippen LogP contribution is 2.33. The first-order valence-corrected chi connectivity index (χ1v) is 8.26. The Kier molecular flexibility index (Phi) is 5.15. The fraction of sp³-hybridized carbons (Fsp3) is 0.353. The van der Waals surface area contributed by atoms with E-state index in [1.807, 2.05) is 12.1 Å². The summed E-state index contributed by atoms with van der Waals surface area (Å²) in [4.78, 5) is 21.1. The lowest BCUT2D eigenvalue weighted by molar-refractivity contribution is -0.137. The van der Waals surface area contributed by atoms with Gasteiger partial charge in [0.2, 0.25) is 0 Å². The molecule has 2 heterocycles. The van der Waals surface area contributed by atoms with E-state index in [4.69, 9.17) is 21.4 Å². The molecule has 0 unspecified atom stereocenters. The van der Waals surface area contributed by atoms with Crippen LogP contribution in [-0.2, 0) is 11.2 Å². The molecule has 0 saturated carbocycles. The average molecular weight is 348 g/mol. The number of ether oxygens (including phenoxy) is 1. The maximum Gasteiger partial charge on any atom is 0.319 e. The first-order valence-electron chi connectivity index (χ1n) is 7.88. The molecule has 0 fully saturated rings. The Morgan fingerprint density at radius 1 is 1.29 bits per heavy atom. The second kappa shape index (κ2) is 7.49. The van der Waals surface area contributed by atoms with Crippen LogP contribution in [0.15, 0.2) is 30.3 Å². The van der Waals surface area contributed by atoms with Crippen LogP contribution in [0.1, 0.15) is 24.8 Å². The maximum atomic E-state index is 10.6. The summed E-state index contributed by atoms with van der Waals surface area (Å²) in [5, 5.41) is 8.96. The molecule has 0 saturated heterocycles. The van der Waals surface area contributed by atoms with Gasteiger partial charge in [0.1, 0.15) is 17.6 Å². The third kappa shape index (κ3) is 3.94. The van der Waals surface area contributed by atoms with E-state index < -0.39 is 5.97 Å². The van der Waals surface area contributed by atoms with Gasteiger partial charge < -0.3 is 14.7 Å². The van der Waals surface area contributed by atoms with Crippen molar-refractivity contribution in [2.24, 2.45) is 0 Å². The van der Waals surface area contributed by atoms with Gasteiger partial charge in [-0.3, -0.25) is 4.79 Å². The maximum absolute atomic E-state index is 10.6. The monoisotopic (exact) mass is 347 g/mol. The van der Waals surface area contributed by atoms with Crippen LogP contribution in [-0.4, -0.2) is 34.2 Å². The molecule has 0 amide bonds. The van der Waals surface area contributed by atoms with Gasteiger partial charge in [-0.15, -0.1) is 0 Å². The van der Waals surface area contributed by atoms with Crippen LogP contribution in [0.4, 0.5) is 11.5 Å². The van der Waals surface area contributed by atoms with Crippen LogP contribution < -0.4 is 9.64 Å². The van der Waals surface area contributed by atoms with Gasteiger partial charge in [-0.1, -0.05) is 29.8 Å². The molecule has 6 nitrogen and oxygen atoms in total. The number of hydrogen-bond donors (Lipinski definition) is 1. The Hall–Kier alpha value is -2.34. The third-order valence-electron chi connectivity index (χ3n) is 3.84. The van der Waals surface area contributed by atoms with Crippen molar-refractivity contribution in [3.8, 4) is 6.01 Å². The molecule has 1 aliphatic heterocycles. The van der Waals surface area contributed by atoms with Gasteiger partial charge in [-0.2, -0.15) is 9.97 Å². The molecular weight excluding hydrogens is 330 g/mol. The van der Waals surface area contributed by atoms with E-state index in [0.717, 1.165) is 31.5 Å². The van der Waals surface area contributed by atoms with Crippen molar-refractivity contribution in [3.63, 3.8) is 0 Å². The molecule has 1 aromatic carbocycles. The van der Waals surface area contributed by atoms with Gasteiger partial charge in [0, 0.05) is 18.3 Å². The second-order valence-corrected chi connectivity index (χ2v) is 5.95. The summed E-state index contributed by atoms with van der Waals surface area (Å²) in [5.74, 6) is -0.270. The number of fused-ring (bicyclic) bond motifs is 1. The minimum atomic E-state index is -0.932. The number of aryl methyl sites for hydroxylation is 1. The van der Waals surface area contributed by atoms with E-state index in [0.29, 0.717) is 5.82 Å². The largest absolute Gasteiger partial charge is 0.481 e. The number of nitrogens with zero attached hydrogens (tertiary/aromatic N) is 3. The molecule has 1 aromatic heterocycles. The predicted octanol–water partition coefficient (Wildman–Crippen LogP) is 3.46. The summed E-state index contributed by atoms with van der Waals surface area (Å²) in [6, 6.07) is 10.0. The highest BCUT2D eigenvalue weighted by atomic mass is 35.5. The fourth-order valence-corrected chi connectivity index (χ4v) is 2.92. The lowest BCUT2D eigenvalue weighted by Gasteiger charge is -2.24. The molecule has 7 heteroatoms. The topological polar surface area (TPSA) is 75.6 Å². The molecule has 24 heavy (non-hydrogen) atoms. The number of carboxylic acid groups (broad SMARTS) is 1. The number of carbonyl (C=O) groups is 1. The Morgan fingerprint density at radius 2 is 2.12 bits per heavy atom. The summed E-state index contributed by atoms with van der Waals surface area (Å²) in [5.41, 5.74) is 2.39. The molecule has 1 aliphatic rings. The van der Waals surface area contributed by atoms with Crippen LogP contribution in [0.2, 0.25) is 5.15 Å². The Bertz CT molecular complexity index is 739. The Labute approximate surface area is 145 Å². The molecule has 1 N–H and O–H groups in total. The quantitative estimate of drug-likeness (QED) is 0.835. The van der Waals surface area contributed by atoms with Crippen LogP contribution in [0, 0.1) is 0 Å². The van der Waals surface area contributed by atoms with Crippen molar-refractivity contribution in [1.29, 1.82) is 0 Å². The predicted molar refractivity (Wildman–Crippen MR) is 91.2 cm³/mol. The number of carboxylic acids is 1. The van der Waals surface area contributed by atoms with Crippen molar-refractivity contribution >= 4 is 29.1 Å². The van der Waals surface area contributed by atoms with E-state index in [-0.39, 0.29) is 24.2 Å². The van der Waals surface area contributed by atoms with Gasteiger partial charge in [-0.25, -0.2) is 0 Å². The Morgan fingerprint density at radius 3 is 2.96 bits per heavy atom. The summed E-state index contributed by atoms with van der Waals surface area (Å²) < 4.78 is 5.33. The first kappa shape index (κ1) is 16.5. The third-order valence-corrected chi connectivity index (χ3v) is 4.04. The molecule has 2 aromatic rings. The van der Waals surface area contributed by atoms with E-state index >= 15 is 0 Å². The summed E-state index contributed by atoms with van der Waals surface area (Å²) in [6.45, 7) is 0.838. The summed E-state index contributed by atoms with van der Waals surface area (Å²) in [7, 11) is 0. The van der Waals surface area contributed by atoms with Gasteiger partial charge in [-0.05, 0) is 30.9 Å². The van der Waals surface area contributed by atoms with Gasteiger partial charge in [0.15, 0.2) is 0 Å². The highest BCUT2D eigenvalue weighted by molar-refractivity contribution is 6.29. The molecule has 0 aliphatic carbocycles. The van der Waals surface area contributed by atoms with E-state index in [1.54, 1.807) is 6.07 Å². The standard InChI is InChI=1S/C17H18ClN3O3/c18-14-11-15(20-17(19-14)24-10-8-16(22)23)21-9-4-3-6-12-5-1-2-7-13(12)21/h1-2,5,7,11H,3-4,6,8-10H2,(H,22,23). The first-order chi connectivity index (χ1) is 11.6. The van der Waals surface area contributed by atoms with Gasteiger partial charge in [0.05, 0.1) is 6.42 Å². The van der Waals surface area contributed by atoms with Crippen LogP contribution >= 0.6 is 11.6 Å². The number of para-hydroxylation sites is 1. The normalized spacial score (nSPS) is 14.0. The highest BCUT2D eigenvalue weighted by Gasteiger charge is 2.19. The van der Waals surface area contributed by atoms with Crippen molar-refractivity contribution in [2.45, 2.75) is 25.7 Å². The Balaban J connectivity index is 1.88. The smallest absolute Gasteiger partial charge is 0.319 e. The van der Waals surface area contributed by atoms with Crippen LogP contribution in [0.3, 0.4) is 0 Å². The molecule has 126 valence electrons. The number of halogens is 1.